The Morgan fingerprint density at radius 1 is 1.48 bits per heavy atom. The van der Waals surface area contributed by atoms with Crippen molar-refractivity contribution in [3.8, 4) is 10.6 Å². The van der Waals surface area contributed by atoms with Crippen LogP contribution in [0.5, 0.6) is 0 Å². The molecule has 0 bridgehead atoms. The molecule has 0 unspecified atom stereocenters. The Morgan fingerprint density at radius 2 is 2.35 bits per heavy atom. The number of pyridine rings is 1. The standard InChI is InChI=1S/C17H18N4OS/c1-3-12(6-13-4-5-22-9-11(13)2)14-7-15(16(18)19-8-14)17-21-20-10-23-17/h3,6-8,10H,1,4-5,9H2,2H3,(H2,18,19)/b12-6+. The lowest BCUT2D eigenvalue weighted by Gasteiger charge is -2.16. The van der Waals surface area contributed by atoms with E-state index in [1.165, 1.54) is 22.5 Å². The van der Waals surface area contributed by atoms with Gasteiger partial charge in [-0.25, -0.2) is 4.98 Å². The normalized spacial score (nSPS) is 15.8. The van der Waals surface area contributed by atoms with E-state index in [1.54, 1.807) is 11.7 Å². The van der Waals surface area contributed by atoms with Gasteiger partial charge in [-0.1, -0.05) is 30.1 Å². The lowest BCUT2D eigenvalue weighted by molar-refractivity contribution is 0.148. The van der Waals surface area contributed by atoms with Crippen molar-refractivity contribution in [2.24, 2.45) is 0 Å². The molecule has 0 atom stereocenters. The Bertz CT molecular complexity index is 778. The van der Waals surface area contributed by atoms with Crippen LogP contribution in [-0.2, 0) is 4.74 Å². The summed E-state index contributed by atoms with van der Waals surface area (Å²) in [6.07, 6.45) is 6.67. The zero-order valence-electron chi connectivity index (χ0n) is 13.0. The van der Waals surface area contributed by atoms with E-state index in [1.807, 2.05) is 12.1 Å². The summed E-state index contributed by atoms with van der Waals surface area (Å²) in [5.41, 5.74) is 13.0. The molecule has 0 saturated carbocycles. The van der Waals surface area contributed by atoms with Crippen LogP contribution in [-0.4, -0.2) is 28.4 Å². The van der Waals surface area contributed by atoms with Crippen LogP contribution in [0.1, 0.15) is 18.9 Å². The predicted octanol–water partition coefficient (Wildman–Crippen LogP) is 3.49. The Labute approximate surface area is 139 Å². The Hall–Kier alpha value is -2.31. The summed E-state index contributed by atoms with van der Waals surface area (Å²) in [5, 5.41) is 8.71. The van der Waals surface area contributed by atoms with Crippen molar-refractivity contribution in [3.63, 3.8) is 0 Å². The van der Waals surface area contributed by atoms with E-state index in [0.29, 0.717) is 12.4 Å². The van der Waals surface area contributed by atoms with Gasteiger partial charge in [0.25, 0.3) is 0 Å². The minimum atomic E-state index is 0.454. The minimum Gasteiger partial charge on any atom is -0.383 e. The van der Waals surface area contributed by atoms with Crippen LogP contribution in [0.2, 0.25) is 0 Å². The van der Waals surface area contributed by atoms with Crippen LogP contribution < -0.4 is 5.73 Å². The van der Waals surface area contributed by atoms with E-state index in [2.05, 4.69) is 34.8 Å². The number of rotatable bonds is 4. The fraction of sp³-hybridized carbons (Fsp3) is 0.235. The first-order chi connectivity index (χ1) is 11.2. The van der Waals surface area contributed by atoms with Gasteiger partial charge in [-0.05, 0) is 36.1 Å². The van der Waals surface area contributed by atoms with Crippen molar-refractivity contribution in [3.05, 3.63) is 53.2 Å². The zero-order valence-corrected chi connectivity index (χ0v) is 13.8. The molecule has 3 heterocycles. The second-order valence-corrected chi connectivity index (χ2v) is 6.15. The van der Waals surface area contributed by atoms with E-state index in [-0.39, 0.29) is 0 Å². The highest BCUT2D eigenvalue weighted by molar-refractivity contribution is 7.12. The van der Waals surface area contributed by atoms with Crippen LogP contribution in [0.4, 0.5) is 5.82 Å². The van der Waals surface area contributed by atoms with Crippen LogP contribution in [0.3, 0.4) is 0 Å². The van der Waals surface area contributed by atoms with E-state index >= 15 is 0 Å². The average molecular weight is 326 g/mol. The van der Waals surface area contributed by atoms with Crippen molar-refractivity contribution in [1.82, 2.24) is 15.2 Å². The molecule has 3 rings (SSSR count). The van der Waals surface area contributed by atoms with Crippen molar-refractivity contribution in [1.29, 1.82) is 0 Å². The van der Waals surface area contributed by atoms with E-state index in [0.717, 1.165) is 34.7 Å². The molecule has 118 valence electrons. The van der Waals surface area contributed by atoms with Gasteiger partial charge >= 0.3 is 0 Å². The van der Waals surface area contributed by atoms with Gasteiger partial charge in [-0.3, -0.25) is 0 Å². The molecule has 0 saturated heterocycles. The van der Waals surface area contributed by atoms with Crippen LogP contribution in [0.25, 0.3) is 16.1 Å². The predicted molar refractivity (Wildman–Crippen MR) is 93.9 cm³/mol. The van der Waals surface area contributed by atoms with E-state index < -0.39 is 0 Å². The number of ether oxygens (including phenoxy) is 1. The summed E-state index contributed by atoms with van der Waals surface area (Å²) in [6.45, 7) is 7.47. The number of nitrogen functional groups attached to an aromatic ring is 1. The maximum atomic E-state index is 5.99. The Kier molecular flexibility index (Phi) is 4.64. The van der Waals surface area contributed by atoms with Crippen LogP contribution in [0, 0.1) is 0 Å². The molecule has 0 radical (unpaired) electrons. The Balaban J connectivity index is 2.02. The number of nitrogens with zero attached hydrogens (tertiary/aromatic N) is 3. The molecule has 0 fully saturated rings. The number of hydrogen-bond acceptors (Lipinski definition) is 6. The van der Waals surface area contributed by atoms with Gasteiger partial charge in [-0.2, -0.15) is 0 Å². The molecule has 0 spiro atoms. The van der Waals surface area contributed by atoms with Crippen molar-refractivity contribution < 1.29 is 4.74 Å². The summed E-state index contributed by atoms with van der Waals surface area (Å²) in [7, 11) is 0. The van der Waals surface area contributed by atoms with E-state index in [4.69, 9.17) is 10.5 Å². The maximum Gasteiger partial charge on any atom is 0.151 e. The molecular weight excluding hydrogens is 308 g/mol. The third-order valence-electron chi connectivity index (χ3n) is 3.77. The monoisotopic (exact) mass is 326 g/mol. The molecule has 2 aromatic rings. The van der Waals surface area contributed by atoms with Crippen molar-refractivity contribution in [2.75, 3.05) is 18.9 Å². The largest absolute Gasteiger partial charge is 0.383 e. The summed E-state index contributed by atoms with van der Waals surface area (Å²) in [6, 6.07) is 1.99. The molecule has 1 aliphatic rings. The molecular formula is C17H18N4OS. The molecule has 0 aromatic carbocycles. The number of anilines is 1. The highest BCUT2D eigenvalue weighted by atomic mass is 32.1. The van der Waals surface area contributed by atoms with Crippen molar-refractivity contribution >= 4 is 22.7 Å². The zero-order chi connectivity index (χ0) is 16.2. The summed E-state index contributed by atoms with van der Waals surface area (Å²) in [4.78, 5) is 4.30. The van der Waals surface area contributed by atoms with E-state index in [9.17, 15) is 0 Å². The van der Waals surface area contributed by atoms with Crippen LogP contribution in [0.15, 0.2) is 47.7 Å². The van der Waals surface area contributed by atoms with Gasteiger partial charge in [-0.15, -0.1) is 10.2 Å². The molecule has 0 amide bonds. The lowest BCUT2D eigenvalue weighted by Crippen LogP contribution is -2.08. The second-order valence-electron chi connectivity index (χ2n) is 5.31. The topological polar surface area (TPSA) is 73.9 Å². The molecule has 6 heteroatoms. The summed E-state index contributed by atoms with van der Waals surface area (Å²) in [5.74, 6) is 0.454. The lowest BCUT2D eigenvalue weighted by atomic mass is 9.98. The number of aromatic nitrogens is 3. The molecule has 23 heavy (non-hydrogen) atoms. The molecule has 0 aliphatic carbocycles. The molecule has 1 aliphatic heterocycles. The second kappa shape index (κ2) is 6.85. The first kappa shape index (κ1) is 15.6. The third-order valence-corrected chi connectivity index (χ3v) is 4.50. The Morgan fingerprint density at radius 3 is 3.04 bits per heavy atom. The quantitative estimate of drug-likeness (QED) is 0.871. The molecule has 5 nitrogen and oxygen atoms in total. The van der Waals surface area contributed by atoms with Crippen molar-refractivity contribution in [2.45, 2.75) is 13.3 Å². The smallest absolute Gasteiger partial charge is 0.151 e. The first-order valence-corrected chi connectivity index (χ1v) is 8.20. The van der Waals surface area contributed by atoms with Gasteiger partial charge in [0.15, 0.2) is 5.01 Å². The number of nitrogens with two attached hydrogens (primary N) is 1. The number of hydrogen-bond donors (Lipinski definition) is 1. The average Bonchev–Trinajstić information content (AvgIpc) is 3.09. The fourth-order valence-corrected chi connectivity index (χ4v) is 3.03. The fourth-order valence-electron chi connectivity index (χ4n) is 2.45. The minimum absolute atomic E-state index is 0.454. The van der Waals surface area contributed by atoms with Gasteiger partial charge < -0.3 is 10.5 Å². The SMILES string of the molecule is C=C/C(=C\C1=C(C)COCC1)c1cnc(N)c(-c2nncs2)c1. The molecule has 2 N–H and O–H groups in total. The summed E-state index contributed by atoms with van der Waals surface area (Å²) < 4.78 is 5.46. The first-order valence-electron chi connectivity index (χ1n) is 7.32. The van der Waals surface area contributed by atoms with Gasteiger partial charge in [0.05, 0.1) is 18.8 Å². The highest BCUT2D eigenvalue weighted by Gasteiger charge is 2.12. The van der Waals surface area contributed by atoms with Gasteiger partial charge in [0.2, 0.25) is 0 Å². The van der Waals surface area contributed by atoms with Crippen LogP contribution >= 0.6 is 11.3 Å². The molecule has 2 aromatic heterocycles. The number of allylic oxidation sites excluding steroid dienone is 3. The van der Waals surface area contributed by atoms with Gasteiger partial charge in [0, 0.05) is 11.8 Å². The highest BCUT2D eigenvalue weighted by Crippen LogP contribution is 2.30. The summed E-state index contributed by atoms with van der Waals surface area (Å²) >= 11 is 1.44. The maximum absolute atomic E-state index is 5.99. The van der Waals surface area contributed by atoms with Gasteiger partial charge in [0.1, 0.15) is 11.3 Å². The third kappa shape index (κ3) is 3.38.